The first-order valence-electron chi connectivity index (χ1n) is 4.67. The summed E-state index contributed by atoms with van der Waals surface area (Å²) < 4.78 is 0. The fourth-order valence-electron chi connectivity index (χ4n) is 1.00. The molecule has 0 amide bonds. The van der Waals surface area contributed by atoms with Crippen molar-refractivity contribution in [2.24, 2.45) is 0 Å². The summed E-state index contributed by atoms with van der Waals surface area (Å²) in [6.45, 7) is 8.14. The molecule has 0 N–H and O–H groups in total. The summed E-state index contributed by atoms with van der Waals surface area (Å²) in [4.78, 5) is 0. The highest BCUT2D eigenvalue weighted by Gasteiger charge is 1.94. The second-order valence-electron chi connectivity index (χ2n) is 2.75. The predicted molar refractivity (Wildman–Crippen MR) is 56.6 cm³/mol. The minimum Gasteiger partial charge on any atom is -0.198 e. The normalized spacial score (nSPS) is 8.23. The lowest BCUT2D eigenvalue weighted by molar-refractivity contribution is 1.22. The fourth-order valence-corrected chi connectivity index (χ4v) is 1.00. The van der Waals surface area contributed by atoms with Crippen molar-refractivity contribution in [2.75, 3.05) is 0 Å². The molecule has 13 heavy (non-hydrogen) atoms. The minimum atomic E-state index is 0.515. The van der Waals surface area contributed by atoms with Gasteiger partial charge in [-0.15, -0.1) is 0 Å². The highest BCUT2D eigenvalue weighted by molar-refractivity contribution is 5.31. The van der Waals surface area contributed by atoms with E-state index < -0.39 is 0 Å². The van der Waals surface area contributed by atoms with Gasteiger partial charge in [-0.3, -0.25) is 0 Å². The maximum atomic E-state index is 8.43. The molecule has 0 spiro atoms. The molecule has 0 aliphatic carbocycles. The molecule has 0 aromatic heterocycles. The van der Waals surface area contributed by atoms with Gasteiger partial charge in [0.05, 0.1) is 12.5 Å². The van der Waals surface area contributed by atoms with E-state index in [0.717, 1.165) is 5.56 Å². The van der Waals surface area contributed by atoms with Crippen LogP contribution in [0.2, 0.25) is 0 Å². The average Bonchev–Trinajstić information content (AvgIpc) is 2.15. The van der Waals surface area contributed by atoms with Gasteiger partial charge in [0, 0.05) is 0 Å². The summed E-state index contributed by atoms with van der Waals surface area (Å²) in [7, 11) is 0. The molecule has 0 saturated heterocycles. The van der Waals surface area contributed by atoms with Crippen LogP contribution in [0.15, 0.2) is 18.2 Å². The Hall–Kier alpha value is -1.29. The molecule has 0 aliphatic rings. The number of rotatable bonds is 1. The second-order valence-corrected chi connectivity index (χ2v) is 2.75. The molecule has 0 saturated carbocycles. The zero-order chi connectivity index (χ0) is 10.3. The van der Waals surface area contributed by atoms with Crippen molar-refractivity contribution in [1.29, 1.82) is 5.26 Å². The van der Waals surface area contributed by atoms with Crippen LogP contribution in [0.5, 0.6) is 0 Å². The molecule has 0 heterocycles. The molecule has 0 atom stereocenters. The van der Waals surface area contributed by atoms with Crippen LogP contribution in [-0.2, 0) is 6.42 Å². The zero-order valence-corrected chi connectivity index (χ0v) is 8.89. The molecule has 70 valence electrons. The van der Waals surface area contributed by atoms with Gasteiger partial charge in [-0.25, -0.2) is 0 Å². The van der Waals surface area contributed by atoms with E-state index >= 15 is 0 Å². The number of hydrogen-bond donors (Lipinski definition) is 0. The molecule has 1 aromatic carbocycles. The number of nitrogens with zero attached hydrogens (tertiary/aromatic N) is 1. The maximum Gasteiger partial charge on any atom is 0.0669 e. The molecule has 0 bridgehead atoms. The SMILES string of the molecule is CC.Cc1ccc(CC#N)cc1C. The van der Waals surface area contributed by atoms with E-state index in [2.05, 4.69) is 32.0 Å². The molecule has 1 rings (SSSR count). The fraction of sp³-hybridized carbons (Fsp3) is 0.417. The third-order valence-corrected chi connectivity index (χ3v) is 1.85. The van der Waals surface area contributed by atoms with Crippen LogP contribution in [0.25, 0.3) is 0 Å². The van der Waals surface area contributed by atoms with Crippen molar-refractivity contribution in [3.05, 3.63) is 34.9 Å². The Morgan fingerprint density at radius 3 is 2.23 bits per heavy atom. The summed E-state index contributed by atoms with van der Waals surface area (Å²) in [6, 6.07) is 8.26. The van der Waals surface area contributed by atoms with E-state index in [1.54, 1.807) is 0 Å². The number of nitriles is 1. The van der Waals surface area contributed by atoms with Gasteiger partial charge in [0.2, 0.25) is 0 Å². The summed E-state index contributed by atoms with van der Waals surface area (Å²) in [5.41, 5.74) is 3.65. The van der Waals surface area contributed by atoms with Crippen LogP contribution >= 0.6 is 0 Å². The van der Waals surface area contributed by atoms with Crippen molar-refractivity contribution in [1.82, 2.24) is 0 Å². The first kappa shape index (κ1) is 11.7. The van der Waals surface area contributed by atoms with Crippen molar-refractivity contribution in [3.8, 4) is 6.07 Å². The van der Waals surface area contributed by atoms with Crippen LogP contribution in [0.4, 0.5) is 0 Å². The summed E-state index contributed by atoms with van der Waals surface area (Å²) >= 11 is 0. The van der Waals surface area contributed by atoms with Gasteiger partial charge >= 0.3 is 0 Å². The topological polar surface area (TPSA) is 23.8 Å². The maximum absolute atomic E-state index is 8.43. The van der Waals surface area contributed by atoms with E-state index in [0.29, 0.717) is 6.42 Å². The molecule has 0 unspecified atom stereocenters. The average molecular weight is 175 g/mol. The molecule has 0 aliphatic heterocycles. The highest BCUT2D eigenvalue weighted by Crippen LogP contribution is 2.09. The Morgan fingerprint density at radius 1 is 1.15 bits per heavy atom. The second kappa shape index (κ2) is 6.25. The predicted octanol–water partition coefficient (Wildman–Crippen LogP) is 3.40. The standard InChI is InChI=1S/C10H11N.C2H6/c1-8-3-4-10(5-6-11)7-9(8)2;1-2/h3-4,7H,5H2,1-2H3;1-2H3. The van der Waals surface area contributed by atoms with Crippen LogP contribution in [0.3, 0.4) is 0 Å². The number of aryl methyl sites for hydroxylation is 2. The van der Waals surface area contributed by atoms with E-state index in [1.165, 1.54) is 11.1 Å². The Bertz CT molecular complexity index is 294. The first-order chi connectivity index (χ1) is 6.24. The van der Waals surface area contributed by atoms with Gasteiger partial charge in [0.1, 0.15) is 0 Å². The third-order valence-electron chi connectivity index (χ3n) is 1.85. The van der Waals surface area contributed by atoms with Gasteiger partial charge in [0.25, 0.3) is 0 Å². The molecule has 0 radical (unpaired) electrons. The van der Waals surface area contributed by atoms with Gasteiger partial charge in [-0.2, -0.15) is 5.26 Å². The van der Waals surface area contributed by atoms with E-state index in [9.17, 15) is 0 Å². The molecular weight excluding hydrogens is 158 g/mol. The van der Waals surface area contributed by atoms with Crippen molar-refractivity contribution in [3.63, 3.8) is 0 Å². The van der Waals surface area contributed by atoms with Crippen molar-refractivity contribution >= 4 is 0 Å². The lowest BCUT2D eigenvalue weighted by atomic mass is 10.1. The molecule has 0 fully saturated rings. The number of benzene rings is 1. The van der Waals surface area contributed by atoms with Gasteiger partial charge < -0.3 is 0 Å². The Morgan fingerprint density at radius 2 is 1.77 bits per heavy atom. The van der Waals surface area contributed by atoms with Crippen LogP contribution < -0.4 is 0 Å². The van der Waals surface area contributed by atoms with Crippen molar-refractivity contribution in [2.45, 2.75) is 34.1 Å². The van der Waals surface area contributed by atoms with Crippen LogP contribution in [0.1, 0.15) is 30.5 Å². The molecule has 1 heteroatoms. The van der Waals surface area contributed by atoms with Gasteiger partial charge in [0.15, 0.2) is 0 Å². The van der Waals surface area contributed by atoms with Crippen molar-refractivity contribution < 1.29 is 0 Å². The minimum absolute atomic E-state index is 0.515. The smallest absolute Gasteiger partial charge is 0.0669 e. The Labute approximate surface area is 81.0 Å². The van der Waals surface area contributed by atoms with Crippen LogP contribution in [-0.4, -0.2) is 0 Å². The zero-order valence-electron chi connectivity index (χ0n) is 8.89. The molecular formula is C12H17N. The summed E-state index contributed by atoms with van der Waals surface area (Å²) in [6.07, 6.45) is 0.515. The van der Waals surface area contributed by atoms with Gasteiger partial charge in [-0.1, -0.05) is 32.0 Å². The Kier molecular flexibility index (Phi) is 5.63. The van der Waals surface area contributed by atoms with Crippen LogP contribution in [0, 0.1) is 25.2 Å². The summed E-state index contributed by atoms with van der Waals surface area (Å²) in [5, 5.41) is 8.43. The van der Waals surface area contributed by atoms with Gasteiger partial charge in [-0.05, 0) is 30.5 Å². The summed E-state index contributed by atoms with van der Waals surface area (Å²) in [5.74, 6) is 0. The van der Waals surface area contributed by atoms with E-state index in [4.69, 9.17) is 5.26 Å². The highest BCUT2D eigenvalue weighted by atomic mass is 14.2. The quantitative estimate of drug-likeness (QED) is 0.641. The Balaban J connectivity index is 0.000000671. The molecule has 1 aromatic rings. The van der Waals surface area contributed by atoms with E-state index in [1.807, 2.05) is 19.9 Å². The lowest BCUT2D eigenvalue weighted by Gasteiger charge is -2.00. The van der Waals surface area contributed by atoms with E-state index in [-0.39, 0.29) is 0 Å². The monoisotopic (exact) mass is 175 g/mol. The third kappa shape index (κ3) is 3.75. The largest absolute Gasteiger partial charge is 0.198 e. The number of hydrogen-bond acceptors (Lipinski definition) is 1. The lowest BCUT2D eigenvalue weighted by Crippen LogP contribution is -1.85. The molecule has 1 nitrogen and oxygen atoms in total. The first-order valence-corrected chi connectivity index (χ1v) is 4.67.